The number of aromatic nitrogens is 5. The topological polar surface area (TPSA) is 85.1 Å². The van der Waals surface area contributed by atoms with E-state index in [1.54, 1.807) is 16.9 Å². The SMILES string of the molecule is O=C(Nc1ccc(-c2ccc3nnc(-c4ccncc4)n3n2)cc1)C1CC1. The molecule has 1 saturated carbocycles. The van der Waals surface area contributed by atoms with Gasteiger partial charge in [0.2, 0.25) is 5.91 Å². The number of fused-ring (bicyclic) bond motifs is 1. The fourth-order valence-corrected chi connectivity index (χ4v) is 2.94. The van der Waals surface area contributed by atoms with E-state index >= 15 is 0 Å². The number of amides is 1. The normalized spacial score (nSPS) is 13.6. The summed E-state index contributed by atoms with van der Waals surface area (Å²) < 4.78 is 1.73. The molecule has 0 spiro atoms. The van der Waals surface area contributed by atoms with Crippen LogP contribution in [-0.2, 0) is 4.79 Å². The molecule has 1 aromatic carbocycles. The van der Waals surface area contributed by atoms with Crippen LogP contribution in [0.5, 0.6) is 0 Å². The maximum absolute atomic E-state index is 11.9. The first kappa shape index (κ1) is 15.6. The van der Waals surface area contributed by atoms with Gasteiger partial charge in [-0.1, -0.05) is 12.1 Å². The molecule has 1 aliphatic carbocycles. The number of rotatable bonds is 4. The molecule has 132 valence electrons. The molecule has 1 N–H and O–H groups in total. The minimum absolute atomic E-state index is 0.105. The van der Waals surface area contributed by atoms with Crippen LogP contribution < -0.4 is 5.32 Å². The second-order valence-corrected chi connectivity index (χ2v) is 6.59. The van der Waals surface area contributed by atoms with Crippen molar-refractivity contribution in [1.82, 2.24) is 24.8 Å². The Labute approximate surface area is 155 Å². The summed E-state index contributed by atoms with van der Waals surface area (Å²) in [5, 5.41) is 16.1. The van der Waals surface area contributed by atoms with Crippen LogP contribution in [0.15, 0.2) is 60.9 Å². The third-order valence-corrected chi connectivity index (χ3v) is 4.60. The molecule has 1 fully saturated rings. The molecule has 7 nitrogen and oxygen atoms in total. The summed E-state index contributed by atoms with van der Waals surface area (Å²) in [5.41, 5.74) is 4.14. The zero-order chi connectivity index (χ0) is 18.2. The summed E-state index contributed by atoms with van der Waals surface area (Å²) in [4.78, 5) is 15.9. The monoisotopic (exact) mass is 356 g/mol. The van der Waals surface area contributed by atoms with Gasteiger partial charge in [0.05, 0.1) is 5.69 Å². The van der Waals surface area contributed by atoms with Gasteiger partial charge in [0, 0.05) is 35.1 Å². The highest BCUT2D eigenvalue weighted by atomic mass is 16.2. The molecule has 0 atom stereocenters. The van der Waals surface area contributed by atoms with Crippen molar-refractivity contribution in [3.8, 4) is 22.6 Å². The number of carbonyl (C=O) groups excluding carboxylic acids is 1. The quantitative estimate of drug-likeness (QED) is 0.607. The Morgan fingerprint density at radius 2 is 1.70 bits per heavy atom. The molecule has 27 heavy (non-hydrogen) atoms. The Kier molecular flexibility index (Phi) is 3.64. The van der Waals surface area contributed by atoms with Gasteiger partial charge in [-0.3, -0.25) is 9.78 Å². The number of nitrogens with zero attached hydrogens (tertiary/aromatic N) is 5. The molecule has 0 aliphatic heterocycles. The molecule has 1 aliphatic rings. The second kappa shape index (κ2) is 6.28. The molecule has 3 aromatic heterocycles. The largest absolute Gasteiger partial charge is 0.326 e. The average molecular weight is 356 g/mol. The lowest BCUT2D eigenvalue weighted by Gasteiger charge is -2.06. The van der Waals surface area contributed by atoms with Gasteiger partial charge in [0.15, 0.2) is 11.5 Å². The van der Waals surface area contributed by atoms with E-state index in [2.05, 4.69) is 20.5 Å². The van der Waals surface area contributed by atoms with Crippen molar-refractivity contribution < 1.29 is 4.79 Å². The highest BCUT2D eigenvalue weighted by Crippen LogP contribution is 2.30. The molecule has 1 amide bonds. The van der Waals surface area contributed by atoms with Gasteiger partial charge in [-0.15, -0.1) is 10.2 Å². The van der Waals surface area contributed by atoms with Gasteiger partial charge in [0.25, 0.3) is 0 Å². The van der Waals surface area contributed by atoms with Crippen LogP contribution in [0.1, 0.15) is 12.8 Å². The number of anilines is 1. The lowest BCUT2D eigenvalue weighted by atomic mass is 10.1. The van der Waals surface area contributed by atoms with E-state index in [1.165, 1.54) is 0 Å². The van der Waals surface area contributed by atoms with Gasteiger partial charge in [-0.2, -0.15) is 9.61 Å². The van der Waals surface area contributed by atoms with E-state index in [-0.39, 0.29) is 11.8 Å². The zero-order valence-corrected chi connectivity index (χ0v) is 14.4. The predicted molar refractivity (Wildman–Crippen MR) is 101 cm³/mol. The van der Waals surface area contributed by atoms with Crippen molar-refractivity contribution >= 4 is 17.2 Å². The lowest BCUT2D eigenvalue weighted by Crippen LogP contribution is -2.13. The van der Waals surface area contributed by atoms with Crippen LogP contribution in [0, 0.1) is 5.92 Å². The Hall–Kier alpha value is -3.61. The molecular weight excluding hydrogens is 340 g/mol. The van der Waals surface area contributed by atoms with Gasteiger partial charge >= 0.3 is 0 Å². The van der Waals surface area contributed by atoms with Crippen molar-refractivity contribution in [3.63, 3.8) is 0 Å². The zero-order valence-electron chi connectivity index (χ0n) is 14.4. The molecule has 0 unspecified atom stereocenters. The third-order valence-electron chi connectivity index (χ3n) is 4.60. The lowest BCUT2D eigenvalue weighted by molar-refractivity contribution is -0.117. The summed E-state index contributed by atoms with van der Waals surface area (Å²) in [6.45, 7) is 0. The van der Waals surface area contributed by atoms with Gasteiger partial charge in [-0.25, -0.2) is 0 Å². The van der Waals surface area contributed by atoms with E-state index in [1.807, 2.05) is 48.5 Å². The molecule has 0 saturated heterocycles. The van der Waals surface area contributed by atoms with Crippen LogP contribution in [0.4, 0.5) is 5.69 Å². The van der Waals surface area contributed by atoms with Crippen molar-refractivity contribution in [2.75, 3.05) is 5.32 Å². The van der Waals surface area contributed by atoms with E-state index in [4.69, 9.17) is 5.10 Å². The maximum atomic E-state index is 11.9. The summed E-state index contributed by atoms with van der Waals surface area (Å²) in [6.07, 6.45) is 5.42. The summed E-state index contributed by atoms with van der Waals surface area (Å²) >= 11 is 0. The first-order chi connectivity index (χ1) is 13.3. The fourth-order valence-electron chi connectivity index (χ4n) is 2.94. The number of benzene rings is 1. The standard InChI is InChI=1S/C20H16N6O/c27-20(15-1-2-15)22-16-5-3-13(4-6-16)17-7-8-18-23-24-19(26(18)25-17)14-9-11-21-12-10-14/h3-12,15H,1-2H2,(H,22,27). The smallest absolute Gasteiger partial charge is 0.227 e. The van der Waals surface area contributed by atoms with Crippen molar-refractivity contribution in [2.45, 2.75) is 12.8 Å². The Morgan fingerprint density at radius 1 is 0.926 bits per heavy atom. The van der Waals surface area contributed by atoms with E-state index < -0.39 is 0 Å². The number of nitrogens with one attached hydrogen (secondary N) is 1. The summed E-state index contributed by atoms with van der Waals surface area (Å²) in [7, 11) is 0. The number of pyridine rings is 1. The molecule has 7 heteroatoms. The fraction of sp³-hybridized carbons (Fsp3) is 0.150. The number of carbonyl (C=O) groups is 1. The highest BCUT2D eigenvalue weighted by molar-refractivity contribution is 5.94. The molecule has 5 rings (SSSR count). The van der Waals surface area contributed by atoms with Crippen LogP contribution in [-0.4, -0.2) is 30.7 Å². The molecule has 0 radical (unpaired) electrons. The first-order valence-corrected chi connectivity index (χ1v) is 8.82. The molecule has 3 heterocycles. The van der Waals surface area contributed by atoms with E-state index in [0.717, 1.165) is 35.3 Å². The minimum atomic E-state index is 0.105. The van der Waals surface area contributed by atoms with Crippen LogP contribution in [0.3, 0.4) is 0 Å². The Bertz CT molecular complexity index is 1120. The Morgan fingerprint density at radius 3 is 2.44 bits per heavy atom. The van der Waals surface area contributed by atoms with Crippen LogP contribution >= 0.6 is 0 Å². The van der Waals surface area contributed by atoms with E-state index in [9.17, 15) is 4.79 Å². The molecule has 0 bridgehead atoms. The second-order valence-electron chi connectivity index (χ2n) is 6.59. The minimum Gasteiger partial charge on any atom is -0.326 e. The van der Waals surface area contributed by atoms with Gasteiger partial charge in [0.1, 0.15) is 0 Å². The van der Waals surface area contributed by atoms with Crippen molar-refractivity contribution in [1.29, 1.82) is 0 Å². The predicted octanol–water partition coefficient (Wildman–Crippen LogP) is 3.20. The summed E-state index contributed by atoms with van der Waals surface area (Å²) in [5.74, 6) is 0.963. The average Bonchev–Trinajstić information content (AvgIpc) is 3.49. The van der Waals surface area contributed by atoms with Crippen LogP contribution in [0.25, 0.3) is 28.3 Å². The number of hydrogen-bond acceptors (Lipinski definition) is 5. The molecular formula is C20H16N6O. The number of hydrogen-bond donors (Lipinski definition) is 1. The molecule has 4 aromatic rings. The summed E-state index contributed by atoms with van der Waals surface area (Å²) in [6, 6.07) is 15.3. The van der Waals surface area contributed by atoms with Crippen molar-refractivity contribution in [2.24, 2.45) is 5.92 Å². The van der Waals surface area contributed by atoms with Gasteiger partial charge < -0.3 is 5.32 Å². The Balaban J connectivity index is 1.47. The van der Waals surface area contributed by atoms with Crippen molar-refractivity contribution in [3.05, 3.63) is 60.9 Å². The van der Waals surface area contributed by atoms with Crippen LogP contribution in [0.2, 0.25) is 0 Å². The highest BCUT2D eigenvalue weighted by Gasteiger charge is 2.29. The maximum Gasteiger partial charge on any atom is 0.227 e. The third kappa shape index (κ3) is 3.03. The first-order valence-electron chi connectivity index (χ1n) is 8.82. The van der Waals surface area contributed by atoms with Gasteiger partial charge in [-0.05, 0) is 49.2 Å². The van der Waals surface area contributed by atoms with E-state index in [0.29, 0.717) is 11.5 Å².